The van der Waals surface area contributed by atoms with Crippen molar-refractivity contribution in [3.63, 3.8) is 0 Å². The number of anilines is 1. The van der Waals surface area contributed by atoms with Crippen LogP contribution in [0.3, 0.4) is 0 Å². The molecule has 1 aromatic carbocycles. The lowest BCUT2D eigenvalue weighted by molar-refractivity contribution is -0.385. The Hall–Kier alpha value is -2.15. The third-order valence-corrected chi connectivity index (χ3v) is 2.46. The second kappa shape index (κ2) is 6.14. The first-order chi connectivity index (χ1) is 8.85. The largest absolute Gasteiger partial charge is 0.490 e. The van der Waals surface area contributed by atoms with Crippen molar-refractivity contribution in [3.05, 3.63) is 27.8 Å². The van der Waals surface area contributed by atoms with Gasteiger partial charge < -0.3 is 15.0 Å². The molecule has 7 nitrogen and oxygen atoms in total. The Morgan fingerprint density at radius 1 is 1.47 bits per heavy atom. The third-order valence-electron chi connectivity index (χ3n) is 2.46. The summed E-state index contributed by atoms with van der Waals surface area (Å²) >= 11 is 0. The number of nitro benzene ring substituents is 1. The maximum absolute atomic E-state index is 11.7. The second-order valence-corrected chi connectivity index (χ2v) is 4.38. The van der Waals surface area contributed by atoms with Crippen molar-refractivity contribution in [2.45, 2.75) is 6.92 Å². The molecule has 0 bridgehead atoms. The van der Waals surface area contributed by atoms with Gasteiger partial charge in [-0.3, -0.25) is 14.9 Å². The molecule has 0 saturated carbocycles. The van der Waals surface area contributed by atoms with E-state index < -0.39 is 4.92 Å². The topological polar surface area (TPSA) is 84.7 Å². The Morgan fingerprint density at radius 2 is 2.11 bits per heavy atom. The molecule has 19 heavy (non-hydrogen) atoms. The smallest absolute Gasteiger partial charge is 0.313 e. The van der Waals surface area contributed by atoms with E-state index in [0.29, 0.717) is 11.3 Å². The first kappa shape index (κ1) is 14.9. The summed E-state index contributed by atoms with van der Waals surface area (Å²) in [6.07, 6.45) is 0. The first-order valence-corrected chi connectivity index (χ1v) is 5.62. The van der Waals surface area contributed by atoms with Crippen LogP contribution in [-0.2, 0) is 4.79 Å². The Kier molecular flexibility index (Phi) is 4.82. The van der Waals surface area contributed by atoms with Crippen molar-refractivity contribution >= 4 is 17.3 Å². The molecule has 7 heteroatoms. The van der Waals surface area contributed by atoms with Gasteiger partial charge in [0, 0.05) is 6.07 Å². The lowest BCUT2D eigenvalue weighted by atomic mass is 10.1. The van der Waals surface area contributed by atoms with Crippen molar-refractivity contribution in [1.82, 2.24) is 4.90 Å². The summed E-state index contributed by atoms with van der Waals surface area (Å²) in [7, 11) is 4.90. The molecular formula is C12H17N3O4. The maximum Gasteiger partial charge on any atom is 0.313 e. The average Bonchev–Trinajstić information content (AvgIpc) is 2.29. The zero-order valence-corrected chi connectivity index (χ0v) is 11.4. The predicted octanol–water partition coefficient (Wildman–Crippen LogP) is 1.41. The van der Waals surface area contributed by atoms with E-state index in [1.165, 1.54) is 19.2 Å². The van der Waals surface area contributed by atoms with E-state index in [4.69, 9.17) is 4.74 Å². The van der Waals surface area contributed by atoms with E-state index in [0.717, 1.165) is 0 Å². The average molecular weight is 267 g/mol. The normalized spacial score (nSPS) is 10.4. The van der Waals surface area contributed by atoms with Gasteiger partial charge in [0.15, 0.2) is 5.75 Å². The number of nitrogens with one attached hydrogen (secondary N) is 1. The fourth-order valence-corrected chi connectivity index (χ4v) is 1.59. The molecule has 0 fully saturated rings. The molecule has 0 atom stereocenters. The zero-order chi connectivity index (χ0) is 14.6. The van der Waals surface area contributed by atoms with Gasteiger partial charge >= 0.3 is 5.69 Å². The van der Waals surface area contributed by atoms with Gasteiger partial charge in [0.1, 0.15) is 0 Å². The summed E-state index contributed by atoms with van der Waals surface area (Å²) in [6, 6.07) is 2.84. The molecule has 1 N–H and O–H groups in total. The lowest BCUT2D eigenvalue weighted by Crippen LogP contribution is -2.27. The van der Waals surface area contributed by atoms with Gasteiger partial charge in [-0.15, -0.1) is 0 Å². The zero-order valence-electron chi connectivity index (χ0n) is 11.4. The fourth-order valence-electron chi connectivity index (χ4n) is 1.59. The number of hydrogen-bond donors (Lipinski definition) is 1. The number of ether oxygens (including phenoxy) is 1. The highest BCUT2D eigenvalue weighted by atomic mass is 16.6. The van der Waals surface area contributed by atoms with Crippen molar-refractivity contribution in [2.24, 2.45) is 0 Å². The minimum atomic E-state index is -0.542. The molecule has 104 valence electrons. The van der Waals surface area contributed by atoms with Gasteiger partial charge in [0.2, 0.25) is 5.91 Å². The highest BCUT2D eigenvalue weighted by Gasteiger charge is 2.18. The van der Waals surface area contributed by atoms with E-state index in [2.05, 4.69) is 5.32 Å². The van der Waals surface area contributed by atoms with Crippen LogP contribution in [0.25, 0.3) is 0 Å². The van der Waals surface area contributed by atoms with Gasteiger partial charge in [-0.05, 0) is 32.6 Å². The number of rotatable bonds is 5. The van der Waals surface area contributed by atoms with E-state index in [1.54, 1.807) is 25.9 Å². The monoisotopic (exact) mass is 267 g/mol. The summed E-state index contributed by atoms with van der Waals surface area (Å²) < 4.78 is 4.95. The molecular weight excluding hydrogens is 250 g/mol. The molecule has 0 spiro atoms. The van der Waals surface area contributed by atoms with Crippen LogP contribution in [0.5, 0.6) is 5.75 Å². The van der Waals surface area contributed by atoms with Gasteiger partial charge in [-0.1, -0.05) is 0 Å². The Labute approximate surface area is 111 Å². The number of carbonyl (C=O) groups is 1. The summed E-state index contributed by atoms with van der Waals surface area (Å²) in [5, 5.41) is 13.6. The number of hydrogen-bond acceptors (Lipinski definition) is 5. The number of likely N-dealkylation sites (N-methyl/N-ethyl adjacent to an activating group) is 1. The van der Waals surface area contributed by atoms with Crippen LogP contribution in [0.4, 0.5) is 11.4 Å². The van der Waals surface area contributed by atoms with E-state index >= 15 is 0 Å². The summed E-state index contributed by atoms with van der Waals surface area (Å²) in [5.41, 5.74) is 0.946. The second-order valence-electron chi connectivity index (χ2n) is 4.38. The molecule has 0 saturated heterocycles. The number of methoxy groups -OCH3 is 1. The Balaban J connectivity index is 3.05. The van der Waals surface area contributed by atoms with Crippen LogP contribution in [-0.4, -0.2) is 43.5 Å². The molecule has 0 radical (unpaired) electrons. The summed E-state index contributed by atoms with van der Waals surface area (Å²) in [5.74, 6) is -0.0549. The molecule has 1 rings (SSSR count). The molecule has 1 amide bonds. The van der Waals surface area contributed by atoms with Crippen molar-refractivity contribution in [3.8, 4) is 5.75 Å². The number of benzene rings is 1. The summed E-state index contributed by atoms with van der Waals surface area (Å²) in [4.78, 5) is 23.7. The predicted molar refractivity (Wildman–Crippen MR) is 71.6 cm³/mol. The van der Waals surface area contributed by atoms with Gasteiger partial charge in [0.05, 0.1) is 24.3 Å². The maximum atomic E-state index is 11.7. The summed E-state index contributed by atoms with van der Waals surface area (Å²) in [6.45, 7) is 1.96. The minimum absolute atomic E-state index is 0.173. The van der Waals surface area contributed by atoms with Crippen LogP contribution in [0.15, 0.2) is 12.1 Å². The standard InChI is InChI=1S/C12H17N3O4/c1-8-5-11(19-4)10(15(17)18)6-9(8)13-12(16)7-14(2)3/h5-6H,7H2,1-4H3,(H,13,16). The SMILES string of the molecule is COc1cc(C)c(NC(=O)CN(C)C)cc1[N+](=O)[O-]. The van der Waals surface area contributed by atoms with E-state index in [-0.39, 0.29) is 23.9 Å². The van der Waals surface area contributed by atoms with Crippen LogP contribution in [0.2, 0.25) is 0 Å². The molecule has 0 aliphatic carbocycles. The van der Waals surface area contributed by atoms with Crippen molar-refractivity contribution in [2.75, 3.05) is 33.1 Å². The van der Waals surface area contributed by atoms with Crippen LogP contribution in [0.1, 0.15) is 5.56 Å². The third kappa shape index (κ3) is 3.92. The highest BCUT2D eigenvalue weighted by Crippen LogP contribution is 2.32. The number of nitro groups is 1. The minimum Gasteiger partial charge on any atom is -0.490 e. The molecule has 0 aliphatic heterocycles. The molecule has 1 aromatic rings. The van der Waals surface area contributed by atoms with E-state index in [9.17, 15) is 14.9 Å². The van der Waals surface area contributed by atoms with E-state index in [1.807, 2.05) is 0 Å². The van der Waals surface area contributed by atoms with Gasteiger partial charge in [-0.25, -0.2) is 0 Å². The van der Waals surface area contributed by atoms with Crippen molar-refractivity contribution in [1.29, 1.82) is 0 Å². The van der Waals surface area contributed by atoms with Gasteiger partial charge in [-0.2, -0.15) is 0 Å². The molecule has 0 aliphatic rings. The van der Waals surface area contributed by atoms with Crippen LogP contribution >= 0.6 is 0 Å². The first-order valence-electron chi connectivity index (χ1n) is 5.62. The van der Waals surface area contributed by atoms with Crippen LogP contribution in [0, 0.1) is 17.0 Å². The number of carbonyl (C=O) groups excluding carboxylic acids is 1. The van der Waals surface area contributed by atoms with Gasteiger partial charge in [0.25, 0.3) is 0 Å². The van der Waals surface area contributed by atoms with Crippen LogP contribution < -0.4 is 10.1 Å². The number of aryl methyl sites for hydroxylation is 1. The Bertz CT molecular complexity index is 500. The number of nitrogens with zero attached hydrogens (tertiary/aromatic N) is 2. The molecule has 0 heterocycles. The molecule has 0 unspecified atom stereocenters. The molecule has 0 aromatic heterocycles. The fraction of sp³-hybridized carbons (Fsp3) is 0.417. The quantitative estimate of drug-likeness (QED) is 0.644. The number of amides is 1. The lowest BCUT2D eigenvalue weighted by Gasteiger charge is -2.13. The highest BCUT2D eigenvalue weighted by molar-refractivity contribution is 5.93. The van der Waals surface area contributed by atoms with Crippen molar-refractivity contribution < 1.29 is 14.5 Å². The Morgan fingerprint density at radius 3 is 2.58 bits per heavy atom.